The van der Waals surface area contributed by atoms with Crippen molar-refractivity contribution < 1.29 is 19.8 Å². The second-order valence-corrected chi connectivity index (χ2v) is 9.62. The first-order valence-corrected chi connectivity index (χ1v) is 13.9. The van der Waals surface area contributed by atoms with Gasteiger partial charge >= 0.3 is 11.9 Å². The Hall–Kier alpha value is -1.92. The molecule has 0 bridgehead atoms. The number of carbonyl (C=O) groups is 2. The number of rotatable bonds is 21. The molecule has 0 saturated carbocycles. The van der Waals surface area contributed by atoms with E-state index in [0.717, 1.165) is 25.5 Å². The van der Waals surface area contributed by atoms with Gasteiger partial charge in [-0.25, -0.2) is 9.59 Å². The van der Waals surface area contributed by atoms with Gasteiger partial charge in [0.2, 0.25) is 0 Å². The number of benzene rings is 1. The predicted molar refractivity (Wildman–Crippen MR) is 146 cm³/mol. The van der Waals surface area contributed by atoms with E-state index in [1.165, 1.54) is 121 Å². The van der Waals surface area contributed by atoms with Crippen molar-refractivity contribution >= 4 is 11.9 Å². The van der Waals surface area contributed by atoms with Crippen LogP contribution in [0.2, 0.25) is 0 Å². The number of hydrogen-bond acceptors (Lipinski definition) is 4. The highest BCUT2D eigenvalue weighted by Gasteiger charge is 2.06. The lowest BCUT2D eigenvalue weighted by Crippen LogP contribution is -2.23. The van der Waals surface area contributed by atoms with Crippen LogP contribution in [-0.2, 0) is 0 Å². The van der Waals surface area contributed by atoms with Crippen LogP contribution in [-0.4, -0.2) is 34.7 Å². The zero-order chi connectivity index (χ0) is 26.2. The van der Waals surface area contributed by atoms with Crippen LogP contribution in [0.5, 0.6) is 0 Å². The van der Waals surface area contributed by atoms with Crippen LogP contribution < -0.4 is 11.5 Å². The summed E-state index contributed by atoms with van der Waals surface area (Å²) >= 11 is 0. The summed E-state index contributed by atoms with van der Waals surface area (Å²) in [5, 5.41) is 17.0. The third-order valence-corrected chi connectivity index (χ3v) is 6.32. The third kappa shape index (κ3) is 21.1. The molecule has 0 radical (unpaired) electrons. The second-order valence-electron chi connectivity index (χ2n) is 9.62. The molecule has 1 aromatic rings. The van der Waals surface area contributed by atoms with E-state index in [1.807, 2.05) is 0 Å². The largest absolute Gasteiger partial charge is 0.478 e. The van der Waals surface area contributed by atoms with Crippen LogP contribution in [0.1, 0.15) is 143 Å². The molecule has 0 spiro atoms. The Labute approximate surface area is 213 Å². The fraction of sp³-hybridized carbons (Fsp3) is 0.724. The van der Waals surface area contributed by atoms with Gasteiger partial charge in [0.1, 0.15) is 0 Å². The molecule has 1 rings (SSSR count). The van der Waals surface area contributed by atoms with Gasteiger partial charge in [0, 0.05) is 6.04 Å². The minimum absolute atomic E-state index is 0.0186. The summed E-state index contributed by atoms with van der Waals surface area (Å²) in [5.74, 6) is -2.25. The summed E-state index contributed by atoms with van der Waals surface area (Å²) in [4.78, 5) is 20.8. The molecule has 6 nitrogen and oxygen atoms in total. The van der Waals surface area contributed by atoms with E-state index < -0.39 is 11.9 Å². The van der Waals surface area contributed by atoms with Gasteiger partial charge in [0.15, 0.2) is 0 Å². The number of carboxylic acids is 2. The molecule has 0 aromatic heterocycles. The minimum Gasteiger partial charge on any atom is -0.478 e. The molecular formula is C29H52N2O4. The van der Waals surface area contributed by atoms with Crippen LogP contribution >= 0.6 is 0 Å². The molecule has 0 saturated heterocycles. The summed E-state index contributed by atoms with van der Waals surface area (Å²) in [6.07, 6.45) is 25.0. The zero-order valence-corrected chi connectivity index (χ0v) is 22.2. The first-order valence-electron chi connectivity index (χ1n) is 13.9. The van der Waals surface area contributed by atoms with Crippen LogP contribution in [0.4, 0.5) is 0 Å². The Bertz CT molecular complexity index is 622. The van der Waals surface area contributed by atoms with E-state index in [0.29, 0.717) is 6.04 Å². The Morgan fingerprint density at radius 2 is 1.06 bits per heavy atom. The number of unbranched alkanes of at least 4 members (excludes halogenated alkanes) is 15. The van der Waals surface area contributed by atoms with Gasteiger partial charge in [0.05, 0.1) is 11.1 Å². The summed E-state index contributed by atoms with van der Waals surface area (Å²) in [7, 11) is 0. The molecule has 6 heteroatoms. The average molecular weight is 493 g/mol. The zero-order valence-electron chi connectivity index (χ0n) is 22.2. The van der Waals surface area contributed by atoms with Gasteiger partial charge in [-0.15, -0.1) is 0 Å². The predicted octanol–water partition coefficient (Wildman–Crippen LogP) is 7.40. The molecule has 6 N–H and O–H groups in total. The van der Waals surface area contributed by atoms with Crippen molar-refractivity contribution in [2.24, 2.45) is 11.5 Å². The highest BCUT2D eigenvalue weighted by Crippen LogP contribution is 2.14. The van der Waals surface area contributed by atoms with Crippen LogP contribution in [0, 0.1) is 0 Å². The molecule has 1 aromatic carbocycles. The van der Waals surface area contributed by atoms with Crippen LogP contribution in [0.15, 0.2) is 24.3 Å². The summed E-state index contributed by atoms with van der Waals surface area (Å²) in [5.41, 5.74) is 11.4. The van der Waals surface area contributed by atoms with E-state index in [9.17, 15) is 9.59 Å². The maximum atomic E-state index is 10.4. The Morgan fingerprint density at radius 3 is 1.40 bits per heavy atom. The SMILES string of the molecule is CCCCCCCCCCCCCCCCCCC(N)CCN.O=C(O)c1cccc(C(=O)O)c1. The van der Waals surface area contributed by atoms with E-state index in [4.69, 9.17) is 21.7 Å². The van der Waals surface area contributed by atoms with Gasteiger partial charge in [-0.05, 0) is 37.6 Å². The second kappa shape index (κ2) is 23.8. The highest BCUT2D eigenvalue weighted by atomic mass is 16.4. The summed E-state index contributed by atoms with van der Waals surface area (Å²) < 4.78 is 0. The van der Waals surface area contributed by atoms with Crippen molar-refractivity contribution in [1.82, 2.24) is 0 Å². The van der Waals surface area contributed by atoms with E-state index in [-0.39, 0.29) is 11.1 Å². The Morgan fingerprint density at radius 1 is 0.686 bits per heavy atom. The first-order chi connectivity index (χ1) is 16.9. The molecule has 0 heterocycles. The normalized spacial score (nSPS) is 11.5. The fourth-order valence-electron chi connectivity index (χ4n) is 4.10. The smallest absolute Gasteiger partial charge is 0.335 e. The molecular weight excluding hydrogens is 440 g/mol. The van der Waals surface area contributed by atoms with Crippen molar-refractivity contribution in [1.29, 1.82) is 0 Å². The van der Waals surface area contributed by atoms with E-state index in [2.05, 4.69) is 6.92 Å². The molecule has 0 aliphatic rings. The van der Waals surface area contributed by atoms with Crippen molar-refractivity contribution in [2.75, 3.05) is 6.54 Å². The maximum absolute atomic E-state index is 10.4. The van der Waals surface area contributed by atoms with Crippen molar-refractivity contribution in [3.05, 3.63) is 35.4 Å². The standard InChI is InChI=1S/C21H46N2.C8H6O4/c1-2-3-4-5-6-7-8-9-10-11-12-13-14-15-16-17-18-21(23)19-20-22;9-7(10)5-2-1-3-6(4-5)8(11)12/h21H,2-20,22-23H2,1H3;1-4H,(H,9,10)(H,11,12). The average Bonchev–Trinajstić information content (AvgIpc) is 2.84. The van der Waals surface area contributed by atoms with Gasteiger partial charge in [-0.3, -0.25) is 0 Å². The number of carboxylic acid groups (broad SMARTS) is 2. The summed E-state index contributed by atoms with van der Waals surface area (Å²) in [6.45, 7) is 3.03. The van der Waals surface area contributed by atoms with Gasteiger partial charge in [0.25, 0.3) is 0 Å². The molecule has 0 fully saturated rings. The topological polar surface area (TPSA) is 127 Å². The van der Waals surface area contributed by atoms with Crippen LogP contribution in [0.25, 0.3) is 0 Å². The molecule has 35 heavy (non-hydrogen) atoms. The molecule has 1 atom stereocenters. The number of hydrogen-bond donors (Lipinski definition) is 4. The van der Waals surface area contributed by atoms with E-state index >= 15 is 0 Å². The number of nitrogens with two attached hydrogens (primary N) is 2. The molecule has 0 amide bonds. The monoisotopic (exact) mass is 492 g/mol. The lowest BCUT2D eigenvalue weighted by Gasteiger charge is -2.09. The maximum Gasteiger partial charge on any atom is 0.335 e. The Balaban J connectivity index is 0.000000801. The van der Waals surface area contributed by atoms with Crippen molar-refractivity contribution in [3.8, 4) is 0 Å². The number of aromatic carboxylic acids is 2. The summed E-state index contributed by atoms with van der Waals surface area (Å²) in [6, 6.07) is 5.54. The van der Waals surface area contributed by atoms with Crippen LogP contribution in [0.3, 0.4) is 0 Å². The fourth-order valence-corrected chi connectivity index (χ4v) is 4.10. The lowest BCUT2D eigenvalue weighted by atomic mass is 10.0. The first kappa shape index (κ1) is 33.1. The lowest BCUT2D eigenvalue weighted by molar-refractivity contribution is 0.0696. The van der Waals surface area contributed by atoms with Gasteiger partial charge in [-0.1, -0.05) is 116 Å². The van der Waals surface area contributed by atoms with Gasteiger partial charge in [-0.2, -0.15) is 0 Å². The molecule has 1 unspecified atom stereocenters. The van der Waals surface area contributed by atoms with E-state index in [1.54, 1.807) is 0 Å². The third-order valence-electron chi connectivity index (χ3n) is 6.32. The molecule has 0 aliphatic carbocycles. The Kier molecular flexibility index (Phi) is 22.5. The van der Waals surface area contributed by atoms with Crippen molar-refractivity contribution in [2.45, 2.75) is 129 Å². The highest BCUT2D eigenvalue weighted by molar-refractivity contribution is 5.93. The van der Waals surface area contributed by atoms with Gasteiger partial charge < -0.3 is 21.7 Å². The molecule has 202 valence electrons. The van der Waals surface area contributed by atoms with Crippen molar-refractivity contribution in [3.63, 3.8) is 0 Å². The molecule has 0 aliphatic heterocycles. The quantitative estimate of drug-likeness (QED) is 0.132. The minimum atomic E-state index is -1.13.